The molecule has 0 saturated carbocycles. The van der Waals surface area contributed by atoms with Crippen LogP contribution in [0.3, 0.4) is 0 Å². The molecule has 4 nitrogen and oxygen atoms in total. The average molecular weight is 262 g/mol. The molecule has 1 aromatic rings. The zero-order chi connectivity index (χ0) is 13.7. The molecule has 1 aliphatic heterocycles. The fourth-order valence-electron chi connectivity index (χ4n) is 2.07. The fraction of sp³-hybridized carbons (Fsp3) is 0.467. The van der Waals surface area contributed by atoms with Gasteiger partial charge in [0.25, 0.3) is 6.29 Å². The number of rotatable bonds is 6. The number of unbranched alkanes of at least 4 members (excludes halogenated alkanes) is 3. The predicted octanol–water partition coefficient (Wildman–Crippen LogP) is 3.37. The van der Waals surface area contributed by atoms with Gasteiger partial charge in [0, 0.05) is 12.0 Å². The van der Waals surface area contributed by atoms with Crippen LogP contribution < -0.4 is 0 Å². The minimum atomic E-state index is -0.873. The van der Waals surface area contributed by atoms with Crippen LogP contribution in [0.25, 0.3) is 0 Å². The van der Waals surface area contributed by atoms with Gasteiger partial charge in [0.05, 0.1) is 5.56 Å². The van der Waals surface area contributed by atoms with Gasteiger partial charge < -0.3 is 9.47 Å². The lowest BCUT2D eigenvalue weighted by molar-refractivity contribution is -0.167. The Morgan fingerprint density at radius 1 is 1.26 bits per heavy atom. The second-order valence-corrected chi connectivity index (χ2v) is 4.63. The Morgan fingerprint density at radius 2 is 2.05 bits per heavy atom. The van der Waals surface area contributed by atoms with Gasteiger partial charge in [-0.25, -0.2) is 4.79 Å². The first-order valence-corrected chi connectivity index (χ1v) is 6.71. The van der Waals surface area contributed by atoms with E-state index < -0.39 is 12.3 Å². The first kappa shape index (κ1) is 13.6. The maximum atomic E-state index is 11.7. The molecule has 2 rings (SSSR count). The molecule has 1 unspecified atom stereocenters. The first-order chi connectivity index (χ1) is 9.22. The van der Waals surface area contributed by atoms with Crippen molar-refractivity contribution in [2.24, 2.45) is 0 Å². The van der Waals surface area contributed by atoms with Gasteiger partial charge in [0.15, 0.2) is 0 Å². The lowest BCUT2D eigenvalue weighted by atomic mass is 10.1. The number of benzene rings is 1. The Hall–Kier alpha value is -1.84. The zero-order valence-electron chi connectivity index (χ0n) is 11.1. The van der Waals surface area contributed by atoms with Crippen LogP contribution in [0.15, 0.2) is 24.3 Å². The molecule has 0 spiro atoms. The van der Waals surface area contributed by atoms with E-state index >= 15 is 0 Å². The standard InChI is InChI=1S/C15H18O4/c1-2-3-4-5-10-13(16)18-15-12-9-7-6-8-11(12)14(17)19-15/h6-9,15H,2-5,10H2,1H3. The molecule has 0 saturated heterocycles. The van der Waals surface area contributed by atoms with Crippen molar-refractivity contribution in [1.82, 2.24) is 0 Å². The maximum absolute atomic E-state index is 11.7. The van der Waals surface area contributed by atoms with E-state index in [1.807, 2.05) is 0 Å². The van der Waals surface area contributed by atoms with Gasteiger partial charge >= 0.3 is 11.9 Å². The lowest BCUT2D eigenvalue weighted by Gasteiger charge is -2.11. The lowest BCUT2D eigenvalue weighted by Crippen LogP contribution is -2.11. The second kappa shape index (κ2) is 6.36. The van der Waals surface area contributed by atoms with Crippen molar-refractivity contribution in [3.05, 3.63) is 35.4 Å². The van der Waals surface area contributed by atoms with Crippen molar-refractivity contribution < 1.29 is 19.1 Å². The molecule has 1 aliphatic rings. The summed E-state index contributed by atoms with van der Waals surface area (Å²) >= 11 is 0. The van der Waals surface area contributed by atoms with Crippen LogP contribution in [-0.4, -0.2) is 11.9 Å². The summed E-state index contributed by atoms with van der Waals surface area (Å²) in [4.78, 5) is 23.2. The Morgan fingerprint density at radius 3 is 2.84 bits per heavy atom. The third kappa shape index (κ3) is 3.34. The maximum Gasteiger partial charge on any atom is 0.342 e. The van der Waals surface area contributed by atoms with E-state index in [1.54, 1.807) is 24.3 Å². The van der Waals surface area contributed by atoms with E-state index in [0.717, 1.165) is 25.7 Å². The minimum absolute atomic E-state index is 0.314. The number of ether oxygens (including phenoxy) is 2. The summed E-state index contributed by atoms with van der Waals surface area (Å²) in [7, 11) is 0. The summed E-state index contributed by atoms with van der Waals surface area (Å²) in [5.41, 5.74) is 1.11. The fourth-order valence-corrected chi connectivity index (χ4v) is 2.07. The molecule has 0 aromatic heterocycles. The number of hydrogen-bond acceptors (Lipinski definition) is 4. The quantitative estimate of drug-likeness (QED) is 0.582. The van der Waals surface area contributed by atoms with Crippen LogP contribution in [0.5, 0.6) is 0 Å². The van der Waals surface area contributed by atoms with Crippen LogP contribution in [-0.2, 0) is 14.3 Å². The third-order valence-electron chi connectivity index (χ3n) is 3.12. The van der Waals surface area contributed by atoms with Gasteiger partial charge in [-0.05, 0) is 12.5 Å². The second-order valence-electron chi connectivity index (χ2n) is 4.63. The highest BCUT2D eigenvalue weighted by atomic mass is 16.7. The van der Waals surface area contributed by atoms with Crippen molar-refractivity contribution in [1.29, 1.82) is 0 Å². The number of fused-ring (bicyclic) bond motifs is 1. The molecule has 1 atom stereocenters. The Kier molecular flexibility index (Phi) is 4.55. The third-order valence-corrected chi connectivity index (χ3v) is 3.12. The molecule has 0 aliphatic carbocycles. The Balaban J connectivity index is 1.87. The van der Waals surface area contributed by atoms with E-state index in [-0.39, 0.29) is 5.97 Å². The van der Waals surface area contributed by atoms with E-state index in [9.17, 15) is 9.59 Å². The monoisotopic (exact) mass is 262 g/mol. The summed E-state index contributed by atoms with van der Waals surface area (Å²) in [5.74, 6) is -0.745. The van der Waals surface area contributed by atoms with Crippen LogP contribution in [0.1, 0.15) is 61.2 Å². The number of carbonyl (C=O) groups excluding carboxylic acids is 2. The summed E-state index contributed by atoms with van der Waals surface area (Å²) in [6.45, 7) is 2.12. The SMILES string of the molecule is CCCCCCC(=O)OC1OC(=O)c2ccccc21. The molecule has 0 fully saturated rings. The van der Waals surface area contributed by atoms with E-state index in [2.05, 4.69) is 6.92 Å². The molecule has 1 aromatic carbocycles. The summed E-state index contributed by atoms with van der Waals surface area (Å²) in [5, 5.41) is 0. The largest absolute Gasteiger partial charge is 0.421 e. The van der Waals surface area contributed by atoms with E-state index in [1.165, 1.54) is 0 Å². The molecule has 0 bridgehead atoms. The molecule has 4 heteroatoms. The number of esters is 2. The molecule has 19 heavy (non-hydrogen) atoms. The van der Waals surface area contributed by atoms with Gasteiger partial charge in [-0.2, -0.15) is 0 Å². The molecular weight excluding hydrogens is 244 g/mol. The first-order valence-electron chi connectivity index (χ1n) is 6.71. The van der Waals surface area contributed by atoms with E-state index in [4.69, 9.17) is 9.47 Å². The molecular formula is C15H18O4. The van der Waals surface area contributed by atoms with Crippen LogP contribution in [0, 0.1) is 0 Å². The molecule has 102 valence electrons. The Bertz CT molecular complexity index is 467. The molecule has 0 N–H and O–H groups in total. The number of hydrogen-bond donors (Lipinski definition) is 0. The number of cyclic esters (lactones) is 1. The number of carbonyl (C=O) groups is 2. The topological polar surface area (TPSA) is 52.6 Å². The molecule has 1 heterocycles. The van der Waals surface area contributed by atoms with Crippen molar-refractivity contribution >= 4 is 11.9 Å². The van der Waals surface area contributed by atoms with Gasteiger partial charge in [-0.3, -0.25) is 4.79 Å². The minimum Gasteiger partial charge on any atom is -0.421 e. The average Bonchev–Trinajstić information content (AvgIpc) is 2.72. The normalized spacial score (nSPS) is 16.9. The molecule has 0 radical (unpaired) electrons. The van der Waals surface area contributed by atoms with Gasteiger partial charge in [0.1, 0.15) is 0 Å². The molecule has 0 amide bonds. The van der Waals surface area contributed by atoms with Gasteiger partial charge in [0.2, 0.25) is 0 Å². The highest BCUT2D eigenvalue weighted by Crippen LogP contribution is 2.31. The summed E-state index contributed by atoms with van der Waals surface area (Å²) in [6.07, 6.45) is 3.58. The van der Waals surface area contributed by atoms with Gasteiger partial charge in [-0.15, -0.1) is 0 Å². The Labute approximate surface area is 112 Å². The van der Waals surface area contributed by atoms with Crippen molar-refractivity contribution in [2.75, 3.05) is 0 Å². The van der Waals surface area contributed by atoms with Crippen molar-refractivity contribution in [3.8, 4) is 0 Å². The highest BCUT2D eigenvalue weighted by molar-refractivity contribution is 5.94. The smallest absolute Gasteiger partial charge is 0.342 e. The van der Waals surface area contributed by atoms with Gasteiger partial charge in [-0.1, -0.05) is 44.4 Å². The predicted molar refractivity (Wildman–Crippen MR) is 69.4 cm³/mol. The van der Waals surface area contributed by atoms with Crippen molar-refractivity contribution in [2.45, 2.75) is 45.3 Å². The van der Waals surface area contributed by atoms with Crippen molar-refractivity contribution in [3.63, 3.8) is 0 Å². The van der Waals surface area contributed by atoms with Crippen LogP contribution >= 0.6 is 0 Å². The van der Waals surface area contributed by atoms with Crippen LogP contribution in [0.4, 0.5) is 0 Å². The summed E-state index contributed by atoms with van der Waals surface area (Å²) in [6, 6.07) is 6.97. The highest BCUT2D eigenvalue weighted by Gasteiger charge is 2.33. The summed E-state index contributed by atoms with van der Waals surface area (Å²) < 4.78 is 10.3. The van der Waals surface area contributed by atoms with Crippen LogP contribution in [0.2, 0.25) is 0 Å². The zero-order valence-corrected chi connectivity index (χ0v) is 11.1. The van der Waals surface area contributed by atoms with E-state index in [0.29, 0.717) is 17.5 Å².